The van der Waals surface area contributed by atoms with Gasteiger partial charge in [0.2, 0.25) is 0 Å². The Labute approximate surface area is 96.2 Å². The molecule has 0 aliphatic carbocycles. The molecule has 1 fully saturated rings. The highest BCUT2D eigenvalue weighted by Gasteiger charge is 2.10. The molecule has 3 heteroatoms. The highest BCUT2D eigenvalue weighted by atomic mass is 19.1. The van der Waals surface area contributed by atoms with Crippen LogP contribution in [0, 0.1) is 5.82 Å². The van der Waals surface area contributed by atoms with E-state index < -0.39 is 0 Å². The van der Waals surface area contributed by atoms with Crippen molar-refractivity contribution in [3.63, 3.8) is 0 Å². The van der Waals surface area contributed by atoms with Crippen LogP contribution in [0.1, 0.15) is 24.8 Å². The molecule has 2 rings (SSSR count). The summed E-state index contributed by atoms with van der Waals surface area (Å²) in [5.41, 5.74) is 1.15. The van der Waals surface area contributed by atoms with E-state index in [0.29, 0.717) is 6.04 Å². The quantitative estimate of drug-likeness (QED) is 0.818. The second-order valence-corrected chi connectivity index (χ2v) is 4.39. The van der Waals surface area contributed by atoms with Crippen LogP contribution in [-0.2, 0) is 6.54 Å². The molecule has 0 bridgehead atoms. The molecule has 2 nitrogen and oxygen atoms in total. The van der Waals surface area contributed by atoms with E-state index in [4.69, 9.17) is 0 Å². The number of nitrogens with one attached hydrogen (secondary N) is 2. The molecule has 0 radical (unpaired) electrons. The van der Waals surface area contributed by atoms with Gasteiger partial charge in [-0.15, -0.1) is 0 Å². The maximum absolute atomic E-state index is 12.7. The number of benzene rings is 1. The van der Waals surface area contributed by atoms with Crippen molar-refractivity contribution in [2.24, 2.45) is 0 Å². The average Bonchev–Trinajstić information content (AvgIpc) is 2.57. The molecule has 0 aromatic heterocycles. The van der Waals surface area contributed by atoms with Crippen LogP contribution in [0.25, 0.3) is 0 Å². The van der Waals surface area contributed by atoms with Crippen LogP contribution in [0.2, 0.25) is 0 Å². The van der Waals surface area contributed by atoms with Crippen LogP contribution >= 0.6 is 0 Å². The number of rotatable bonds is 3. The molecule has 2 N–H and O–H groups in total. The van der Waals surface area contributed by atoms with E-state index in [-0.39, 0.29) is 5.82 Å². The molecule has 1 atom stereocenters. The van der Waals surface area contributed by atoms with Gasteiger partial charge < -0.3 is 10.6 Å². The van der Waals surface area contributed by atoms with Gasteiger partial charge in [-0.2, -0.15) is 0 Å². The summed E-state index contributed by atoms with van der Waals surface area (Å²) in [4.78, 5) is 0. The van der Waals surface area contributed by atoms with Crippen molar-refractivity contribution in [1.29, 1.82) is 0 Å². The van der Waals surface area contributed by atoms with Crippen molar-refractivity contribution < 1.29 is 4.39 Å². The highest BCUT2D eigenvalue weighted by Crippen LogP contribution is 2.07. The fourth-order valence-corrected chi connectivity index (χ4v) is 2.09. The fourth-order valence-electron chi connectivity index (χ4n) is 2.09. The molecule has 1 aliphatic heterocycles. The third-order valence-electron chi connectivity index (χ3n) is 3.08. The van der Waals surface area contributed by atoms with Crippen LogP contribution in [0.5, 0.6) is 0 Å². The van der Waals surface area contributed by atoms with Gasteiger partial charge in [0, 0.05) is 12.6 Å². The first-order chi connectivity index (χ1) is 7.84. The van der Waals surface area contributed by atoms with Gasteiger partial charge in [-0.25, -0.2) is 4.39 Å². The topological polar surface area (TPSA) is 24.1 Å². The summed E-state index contributed by atoms with van der Waals surface area (Å²) in [6, 6.07) is 7.33. The first-order valence-electron chi connectivity index (χ1n) is 6.03. The number of hydrogen-bond acceptors (Lipinski definition) is 2. The number of halogens is 1. The zero-order chi connectivity index (χ0) is 11.2. The molecule has 88 valence electrons. The molecular formula is C13H19FN2. The van der Waals surface area contributed by atoms with Gasteiger partial charge in [0.1, 0.15) is 5.82 Å². The van der Waals surface area contributed by atoms with Crippen molar-refractivity contribution in [2.45, 2.75) is 31.8 Å². The van der Waals surface area contributed by atoms with Gasteiger partial charge in [0.05, 0.1) is 0 Å². The highest BCUT2D eigenvalue weighted by molar-refractivity contribution is 5.15. The van der Waals surface area contributed by atoms with E-state index in [2.05, 4.69) is 10.6 Å². The zero-order valence-electron chi connectivity index (χ0n) is 9.51. The van der Waals surface area contributed by atoms with Gasteiger partial charge in [0.15, 0.2) is 0 Å². The third kappa shape index (κ3) is 3.58. The lowest BCUT2D eigenvalue weighted by Gasteiger charge is -2.15. The molecule has 0 spiro atoms. The molecule has 1 aromatic rings. The first kappa shape index (κ1) is 11.6. The fraction of sp³-hybridized carbons (Fsp3) is 0.538. The summed E-state index contributed by atoms with van der Waals surface area (Å²) in [5, 5.41) is 6.93. The maximum atomic E-state index is 12.7. The minimum Gasteiger partial charge on any atom is -0.317 e. The van der Waals surface area contributed by atoms with Crippen LogP contribution in [0.4, 0.5) is 4.39 Å². The standard InChI is InChI=1S/C13H19FN2/c14-12-5-3-11(4-6-12)10-16-13-2-1-8-15-9-7-13/h3-6,13,15-16H,1-2,7-10H2. The van der Waals surface area contributed by atoms with Gasteiger partial charge in [-0.1, -0.05) is 12.1 Å². The predicted octanol–water partition coefficient (Wildman–Crippen LogP) is 2.06. The van der Waals surface area contributed by atoms with Crippen LogP contribution in [0.15, 0.2) is 24.3 Å². The Morgan fingerprint density at radius 1 is 1.19 bits per heavy atom. The molecule has 1 unspecified atom stereocenters. The molecule has 1 aliphatic rings. The SMILES string of the molecule is Fc1ccc(CNC2CCCNCC2)cc1. The predicted molar refractivity (Wildman–Crippen MR) is 63.7 cm³/mol. The van der Waals surface area contributed by atoms with E-state index in [1.54, 1.807) is 0 Å². The zero-order valence-corrected chi connectivity index (χ0v) is 9.51. The largest absolute Gasteiger partial charge is 0.317 e. The van der Waals surface area contributed by atoms with Crippen molar-refractivity contribution in [1.82, 2.24) is 10.6 Å². The maximum Gasteiger partial charge on any atom is 0.123 e. The van der Waals surface area contributed by atoms with Gasteiger partial charge in [-0.05, 0) is 50.0 Å². The molecule has 1 aromatic carbocycles. The van der Waals surface area contributed by atoms with Gasteiger partial charge in [-0.3, -0.25) is 0 Å². The normalized spacial score (nSPS) is 21.7. The summed E-state index contributed by atoms with van der Waals surface area (Å²) >= 11 is 0. The van der Waals surface area contributed by atoms with Crippen LogP contribution < -0.4 is 10.6 Å². The summed E-state index contributed by atoms with van der Waals surface area (Å²) < 4.78 is 12.7. The van der Waals surface area contributed by atoms with Crippen molar-refractivity contribution in [3.8, 4) is 0 Å². The van der Waals surface area contributed by atoms with Crippen LogP contribution in [0.3, 0.4) is 0 Å². The lowest BCUT2D eigenvalue weighted by molar-refractivity contribution is 0.468. The second kappa shape index (κ2) is 5.97. The molecular weight excluding hydrogens is 203 g/mol. The Kier molecular flexibility index (Phi) is 4.31. The smallest absolute Gasteiger partial charge is 0.123 e. The summed E-state index contributed by atoms with van der Waals surface area (Å²) in [7, 11) is 0. The Morgan fingerprint density at radius 3 is 2.81 bits per heavy atom. The summed E-state index contributed by atoms with van der Waals surface area (Å²) in [6.07, 6.45) is 3.65. The van der Waals surface area contributed by atoms with Crippen molar-refractivity contribution in [2.75, 3.05) is 13.1 Å². The average molecular weight is 222 g/mol. The van der Waals surface area contributed by atoms with Crippen LogP contribution in [-0.4, -0.2) is 19.1 Å². The van der Waals surface area contributed by atoms with E-state index in [1.807, 2.05) is 12.1 Å². The van der Waals surface area contributed by atoms with E-state index in [1.165, 1.54) is 31.4 Å². The monoisotopic (exact) mass is 222 g/mol. The Hall–Kier alpha value is -0.930. The van der Waals surface area contributed by atoms with Crippen molar-refractivity contribution in [3.05, 3.63) is 35.6 Å². The minimum atomic E-state index is -0.164. The first-order valence-corrected chi connectivity index (χ1v) is 6.03. The second-order valence-electron chi connectivity index (χ2n) is 4.39. The number of hydrogen-bond donors (Lipinski definition) is 2. The Balaban J connectivity index is 1.79. The Morgan fingerprint density at radius 2 is 2.00 bits per heavy atom. The lowest BCUT2D eigenvalue weighted by atomic mass is 10.1. The molecule has 0 saturated carbocycles. The molecule has 1 saturated heterocycles. The van der Waals surface area contributed by atoms with E-state index in [9.17, 15) is 4.39 Å². The summed E-state index contributed by atoms with van der Waals surface area (Å²) in [5.74, 6) is -0.164. The Bertz CT molecular complexity index is 302. The van der Waals surface area contributed by atoms with Crippen molar-refractivity contribution >= 4 is 0 Å². The lowest BCUT2D eigenvalue weighted by Crippen LogP contribution is -2.29. The third-order valence-corrected chi connectivity index (χ3v) is 3.08. The van der Waals surface area contributed by atoms with Gasteiger partial charge in [0.25, 0.3) is 0 Å². The summed E-state index contributed by atoms with van der Waals surface area (Å²) in [6.45, 7) is 3.07. The van der Waals surface area contributed by atoms with Gasteiger partial charge >= 0.3 is 0 Å². The minimum absolute atomic E-state index is 0.164. The molecule has 16 heavy (non-hydrogen) atoms. The molecule has 1 heterocycles. The van der Waals surface area contributed by atoms with E-state index in [0.717, 1.165) is 25.2 Å². The van der Waals surface area contributed by atoms with E-state index >= 15 is 0 Å². The molecule has 0 amide bonds.